The third kappa shape index (κ3) is 3.05. The topological polar surface area (TPSA) is 29.1 Å². The molecular formula is C10H5BrF7NO. The molecule has 0 saturated carbocycles. The molecule has 0 aliphatic carbocycles. The Morgan fingerprint density at radius 1 is 0.950 bits per heavy atom. The van der Waals surface area contributed by atoms with Gasteiger partial charge in [-0.05, 0) is 24.3 Å². The van der Waals surface area contributed by atoms with Gasteiger partial charge in [0, 0.05) is 5.69 Å². The number of benzene rings is 1. The maximum Gasteiger partial charge on any atom is 0.421 e. The van der Waals surface area contributed by atoms with Gasteiger partial charge in [-0.2, -0.15) is 26.3 Å². The molecule has 0 spiro atoms. The summed E-state index contributed by atoms with van der Waals surface area (Å²) in [6.07, 6.45) is -11.8. The number of anilines is 1. The van der Waals surface area contributed by atoms with Crippen molar-refractivity contribution in [1.29, 1.82) is 0 Å². The van der Waals surface area contributed by atoms with Gasteiger partial charge < -0.3 is 5.32 Å². The van der Waals surface area contributed by atoms with Crippen LogP contribution in [-0.4, -0.2) is 22.6 Å². The summed E-state index contributed by atoms with van der Waals surface area (Å²) in [7, 11) is 0. The molecule has 0 unspecified atom stereocenters. The fourth-order valence-electron chi connectivity index (χ4n) is 1.17. The second kappa shape index (κ2) is 5.23. The SMILES string of the molecule is O=C(Nc1ccc(F)cc1)C(Br)(C(F)(F)F)C(F)(F)F. The maximum absolute atomic E-state index is 12.6. The van der Waals surface area contributed by atoms with Gasteiger partial charge in [-0.15, -0.1) is 0 Å². The maximum atomic E-state index is 12.6. The Bertz CT molecular complexity index is 480. The van der Waals surface area contributed by atoms with Crippen molar-refractivity contribution in [1.82, 2.24) is 0 Å². The molecule has 1 amide bonds. The van der Waals surface area contributed by atoms with Gasteiger partial charge in [0.1, 0.15) is 5.82 Å². The van der Waals surface area contributed by atoms with E-state index >= 15 is 0 Å². The fourth-order valence-corrected chi connectivity index (χ4v) is 1.27. The highest BCUT2D eigenvalue weighted by Crippen LogP contribution is 2.49. The summed E-state index contributed by atoms with van der Waals surface area (Å²) in [6, 6.07) is 3.19. The van der Waals surface area contributed by atoms with Crippen LogP contribution in [0.3, 0.4) is 0 Å². The van der Waals surface area contributed by atoms with Gasteiger partial charge in [-0.1, -0.05) is 15.9 Å². The van der Waals surface area contributed by atoms with Crippen LogP contribution in [0.25, 0.3) is 0 Å². The first-order chi connectivity index (χ1) is 8.89. The van der Waals surface area contributed by atoms with Crippen molar-refractivity contribution < 1.29 is 35.5 Å². The van der Waals surface area contributed by atoms with Crippen molar-refractivity contribution >= 4 is 27.5 Å². The number of carbonyl (C=O) groups is 1. The molecule has 20 heavy (non-hydrogen) atoms. The van der Waals surface area contributed by atoms with Crippen LogP contribution in [0, 0.1) is 5.82 Å². The normalized spacial score (nSPS) is 13.2. The predicted molar refractivity (Wildman–Crippen MR) is 58.8 cm³/mol. The van der Waals surface area contributed by atoms with Crippen molar-refractivity contribution in [3.63, 3.8) is 0 Å². The Balaban J connectivity index is 3.11. The van der Waals surface area contributed by atoms with Crippen LogP contribution in [0.5, 0.6) is 0 Å². The number of hydrogen-bond acceptors (Lipinski definition) is 1. The van der Waals surface area contributed by atoms with E-state index < -0.39 is 34.1 Å². The summed E-state index contributed by atoms with van der Waals surface area (Å²) in [6.45, 7) is 0. The quantitative estimate of drug-likeness (QED) is 0.620. The van der Waals surface area contributed by atoms with E-state index in [1.165, 1.54) is 21.2 Å². The van der Waals surface area contributed by atoms with E-state index in [-0.39, 0.29) is 0 Å². The summed E-state index contributed by atoms with van der Waals surface area (Å²) in [5.74, 6) is -3.14. The lowest BCUT2D eigenvalue weighted by Crippen LogP contribution is -2.59. The zero-order chi connectivity index (χ0) is 15.8. The summed E-state index contributed by atoms with van der Waals surface area (Å²) >= 11 is 1.43. The van der Waals surface area contributed by atoms with Crippen LogP contribution in [0.15, 0.2) is 24.3 Å². The first-order valence-electron chi connectivity index (χ1n) is 4.79. The first kappa shape index (κ1) is 16.7. The summed E-state index contributed by atoms with van der Waals surface area (Å²) < 4.78 is 83.0. The monoisotopic (exact) mass is 367 g/mol. The number of hydrogen-bond donors (Lipinski definition) is 1. The van der Waals surface area contributed by atoms with E-state index in [1.54, 1.807) is 0 Å². The molecular weight excluding hydrogens is 363 g/mol. The van der Waals surface area contributed by atoms with Gasteiger partial charge in [-0.25, -0.2) is 4.39 Å². The molecule has 1 rings (SSSR count). The van der Waals surface area contributed by atoms with Gasteiger partial charge in [-0.3, -0.25) is 4.79 Å². The van der Waals surface area contributed by atoms with Crippen molar-refractivity contribution in [2.45, 2.75) is 16.7 Å². The molecule has 1 N–H and O–H groups in total. The standard InChI is InChI=1S/C10H5BrF7NO/c11-8(9(13,14)15,10(16,17)18)7(20)19-6-3-1-5(12)2-4-6/h1-4H,(H,19,20). The highest BCUT2D eigenvalue weighted by Gasteiger charge is 2.74. The largest absolute Gasteiger partial charge is 0.421 e. The molecule has 112 valence electrons. The Morgan fingerprint density at radius 3 is 1.70 bits per heavy atom. The number of alkyl halides is 7. The molecule has 0 radical (unpaired) electrons. The number of amides is 1. The highest BCUT2D eigenvalue weighted by atomic mass is 79.9. The van der Waals surface area contributed by atoms with Crippen molar-refractivity contribution in [2.24, 2.45) is 0 Å². The van der Waals surface area contributed by atoms with Crippen LogP contribution < -0.4 is 5.32 Å². The summed E-state index contributed by atoms with van der Waals surface area (Å²) in [5.41, 5.74) is -0.409. The van der Waals surface area contributed by atoms with E-state index in [1.807, 2.05) is 0 Å². The average Bonchev–Trinajstić information content (AvgIpc) is 2.28. The molecule has 2 nitrogen and oxygen atoms in total. The van der Waals surface area contributed by atoms with Crippen LogP contribution in [0.2, 0.25) is 0 Å². The van der Waals surface area contributed by atoms with Gasteiger partial charge in [0.15, 0.2) is 0 Å². The molecule has 0 aliphatic heterocycles. The van der Waals surface area contributed by atoms with E-state index in [2.05, 4.69) is 0 Å². The van der Waals surface area contributed by atoms with Crippen molar-refractivity contribution in [2.75, 3.05) is 5.32 Å². The van der Waals surface area contributed by atoms with Crippen LogP contribution in [0.1, 0.15) is 0 Å². The smallest absolute Gasteiger partial charge is 0.324 e. The number of carbonyl (C=O) groups excluding carboxylic acids is 1. The molecule has 0 heterocycles. The molecule has 0 saturated heterocycles. The molecule has 0 aliphatic rings. The van der Waals surface area contributed by atoms with E-state index in [0.29, 0.717) is 0 Å². The van der Waals surface area contributed by atoms with Crippen molar-refractivity contribution in [3.05, 3.63) is 30.1 Å². The zero-order valence-corrected chi connectivity index (χ0v) is 10.8. The number of nitrogens with one attached hydrogen (secondary N) is 1. The van der Waals surface area contributed by atoms with Crippen LogP contribution in [0.4, 0.5) is 36.4 Å². The Morgan fingerprint density at radius 2 is 1.35 bits per heavy atom. The fraction of sp³-hybridized carbons (Fsp3) is 0.300. The van der Waals surface area contributed by atoms with Gasteiger partial charge in [0.25, 0.3) is 10.2 Å². The summed E-state index contributed by atoms with van der Waals surface area (Å²) in [5, 5.41) is 1.43. The number of rotatable bonds is 2. The minimum atomic E-state index is -5.91. The zero-order valence-electron chi connectivity index (χ0n) is 9.24. The molecule has 1 aromatic carbocycles. The third-order valence-corrected chi connectivity index (χ3v) is 3.46. The van der Waals surface area contributed by atoms with Crippen LogP contribution in [-0.2, 0) is 4.79 Å². The minimum absolute atomic E-state index is 0.409. The van der Waals surface area contributed by atoms with Gasteiger partial charge >= 0.3 is 12.4 Å². The molecule has 1 aromatic rings. The number of halogens is 8. The minimum Gasteiger partial charge on any atom is -0.324 e. The molecule has 0 atom stereocenters. The third-order valence-electron chi connectivity index (χ3n) is 2.20. The lowest BCUT2D eigenvalue weighted by atomic mass is 10.1. The van der Waals surface area contributed by atoms with Gasteiger partial charge in [0.05, 0.1) is 0 Å². The second-order valence-corrected chi connectivity index (χ2v) is 4.80. The second-order valence-electron chi connectivity index (χ2n) is 3.62. The molecule has 0 aromatic heterocycles. The van der Waals surface area contributed by atoms with Gasteiger partial charge in [0.2, 0.25) is 0 Å². The highest BCUT2D eigenvalue weighted by molar-refractivity contribution is 9.10. The van der Waals surface area contributed by atoms with Crippen molar-refractivity contribution in [3.8, 4) is 0 Å². The Hall–Kier alpha value is -1.32. The van der Waals surface area contributed by atoms with E-state index in [9.17, 15) is 35.5 Å². The first-order valence-corrected chi connectivity index (χ1v) is 5.58. The molecule has 0 bridgehead atoms. The molecule has 0 fully saturated rings. The van der Waals surface area contributed by atoms with Crippen LogP contribution >= 0.6 is 15.9 Å². The summed E-state index contributed by atoms with van der Waals surface area (Å²) in [4.78, 5) is 11.3. The van der Waals surface area contributed by atoms with E-state index in [0.717, 1.165) is 24.3 Å². The van der Waals surface area contributed by atoms with E-state index in [4.69, 9.17) is 0 Å². The predicted octanol–water partition coefficient (Wildman–Crippen LogP) is 4.02. The Kier molecular flexibility index (Phi) is 4.37. The lowest BCUT2D eigenvalue weighted by Gasteiger charge is -2.30. The molecule has 10 heteroatoms. The lowest BCUT2D eigenvalue weighted by molar-refractivity contribution is -0.253. The average molecular weight is 368 g/mol. The Labute approximate surface area is 116 Å².